The van der Waals surface area contributed by atoms with Crippen LogP contribution < -0.4 is 0 Å². The third-order valence-electron chi connectivity index (χ3n) is 2.29. The molecule has 1 rings (SSSR count). The van der Waals surface area contributed by atoms with Gasteiger partial charge in [-0.3, -0.25) is 4.90 Å². The number of hydrogen-bond donors (Lipinski definition) is 2. The first-order valence-electron chi connectivity index (χ1n) is 5.23. The number of nitriles is 1. The molecule has 4 heteroatoms. The molecule has 0 atom stereocenters. The summed E-state index contributed by atoms with van der Waals surface area (Å²) in [6, 6.07) is 9.43. The zero-order chi connectivity index (χ0) is 11.8. The molecular weight excluding hydrogens is 204 g/mol. The predicted octanol–water partition coefficient (Wildman–Crippen LogP) is 0.345. The summed E-state index contributed by atoms with van der Waals surface area (Å²) in [5.41, 5.74) is 1.64. The second-order valence-corrected chi connectivity index (χ2v) is 3.54. The molecule has 0 aromatic heterocycles. The third kappa shape index (κ3) is 3.99. The first kappa shape index (κ1) is 12.7. The Labute approximate surface area is 95.4 Å². The first-order valence-corrected chi connectivity index (χ1v) is 5.23. The van der Waals surface area contributed by atoms with Gasteiger partial charge in [-0.15, -0.1) is 0 Å². The maximum Gasteiger partial charge on any atom is 0.0991 e. The van der Waals surface area contributed by atoms with E-state index < -0.39 is 0 Å². The minimum Gasteiger partial charge on any atom is -0.395 e. The Morgan fingerprint density at radius 3 is 2.44 bits per heavy atom. The van der Waals surface area contributed by atoms with E-state index in [1.54, 1.807) is 6.07 Å². The van der Waals surface area contributed by atoms with Gasteiger partial charge in [0.1, 0.15) is 0 Å². The Morgan fingerprint density at radius 2 is 1.88 bits per heavy atom. The highest BCUT2D eigenvalue weighted by Crippen LogP contribution is 2.07. The molecule has 0 saturated heterocycles. The Morgan fingerprint density at radius 1 is 1.19 bits per heavy atom. The second-order valence-electron chi connectivity index (χ2n) is 3.54. The van der Waals surface area contributed by atoms with Crippen molar-refractivity contribution in [3.8, 4) is 6.07 Å². The molecule has 2 N–H and O–H groups in total. The van der Waals surface area contributed by atoms with Crippen molar-refractivity contribution in [1.29, 1.82) is 5.26 Å². The van der Waals surface area contributed by atoms with Gasteiger partial charge in [0.25, 0.3) is 0 Å². The van der Waals surface area contributed by atoms with Crippen molar-refractivity contribution in [2.24, 2.45) is 0 Å². The van der Waals surface area contributed by atoms with Crippen molar-refractivity contribution < 1.29 is 10.2 Å². The lowest BCUT2D eigenvalue weighted by molar-refractivity contribution is 0.156. The fourth-order valence-corrected chi connectivity index (χ4v) is 1.55. The van der Waals surface area contributed by atoms with E-state index in [1.165, 1.54) is 0 Å². The van der Waals surface area contributed by atoms with Crippen molar-refractivity contribution in [3.05, 3.63) is 35.4 Å². The molecule has 4 nitrogen and oxygen atoms in total. The molecule has 0 aliphatic carbocycles. The monoisotopic (exact) mass is 220 g/mol. The largest absolute Gasteiger partial charge is 0.395 e. The molecule has 0 spiro atoms. The molecule has 1 aromatic carbocycles. The lowest BCUT2D eigenvalue weighted by Gasteiger charge is -2.20. The molecule has 0 radical (unpaired) electrons. The van der Waals surface area contributed by atoms with E-state index in [0.717, 1.165) is 5.56 Å². The van der Waals surface area contributed by atoms with Gasteiger partial charge in [0.05, 0.1) is 24.8 Å². The average molecular weight is 220 g/mol. The minimum absolute atomic E-state index is 0.0674. The van der Waals surface area contributed by atoms with Gasteiger partial charge >= 0.3 is 0 Å². The van der Waals surface area contributed by atoms with Crippen molar-refractivity contribution in [3.63, 3.8) is 0 Å². The van der Waals surface area contributed by atoms with E-state index in [4.69, 9.17) is 15.5 Å². The smallest absolute Gasteiger partial charge is 0.0991 e. The summed E-state index contributed by atoms with van der Waals surface area (Å²) in [6.07, 6.45) is 0. The van der Waals surface area contributed by atoms with E-state index in [9.17, 15) is 0 Å². The van der Waals surface area contributed by atoms with Crippen LogP contribution in [0.4, 0.5) is 0 Å². The van der Waals surface area contributed by atoms with Crippen molar-refractivity contribution in [2.75, 3.05) is 26.3 Å². The molecule has 0 aliphatic rings. The van der Waals surface area contributed by atoms with Gasteiger partial charge in [0, 0.05) is 19.6 Å². The number of nitrogens with zero attached hydrogens (tertiary/aromatic N) is 2. The highest BCUT2D eigenvalue weighted by Gasteiger charge is 2.05. The lowest BCUT2D eigenvalue weighted by Crippen LogP contribution is -2.29. The number of aliphatic hydroxyl groups is 2. The Hall–Kier alpha value is -1.41. The van der Waals surface area contributed by atoms with Crippen molar-refractivity contribution >= 4 is 0 Å². The lowest BCUT2D eigenvalue weighted by atomic mass is 10.1. The maximum absolute atomic E-state index is 8.87. The molecule has 1 aromatic rings. The van der Waals surface area contributed by atoms with Crippen LogP contribution in [-0.4, -0.2) is 41.4 Å². The summed E-state index contributed by atoms with van der Waals surface area (Å²) < 4.78 is 0. The Balaban J connectivity index is 2.65. The number of rotatable bonds is 6. The zero-order valence-electron chi connectivity index (χ0n) is 9.13. The summed E-state index contributed by atoms with van der Waals surface area (Å²) >= 11 is 0. The van der Waals surface area contributed by atoms with E-state index in [2.05, 4.69) is 6.07 Å². The van der Waals surface area contributed by atoms with Crippen LogP contribution >= 0.6 is 0 Å². The summed E-state index contributed by atoms with van der Waals surface area (Å²) in [6.45, 7) is 1.82. The summed E-state index contributed by atoms with van der Waals surface area (Å²) in [7, 11) is 0. The van der Waals surface area contributed by atoms with Crippen LogP contribution in [0.1, 0.15) is 11.1 Å². The van der Waals surface area contributed by atoms with Crippen LogP contribution in [0.5, 0.6) is 0 Å². The molecule has 0 heterocycles. The number of hydrogen-bond acceptors (Lipinski definition) is 4. The molecule has 0 aliphatic heterocycles. The van der Waals surface area contributed by atoms with Crippen LogP contribution in [0.3, 0.4) is 0 Å². The topological polar surface area (TPSA) is 67.5 Å². The van der Waals surface area contributed by atoms with E-state index >= 15 is 0 Å². The van der Waals surface area contributed by atoms with E-state index in [1.807, 2.05) is 23.1 Å². The predicted molar refractivity (Wildman–Crippen MR) is 60.6 cm³/mol. The summed E-state index contributed by atoms with van der Waals surface area (Å²) in [5.74, 6) is 0. The summed E-state index contributed by atoms with van der Waals surface area (Å²) in [5, 5.41) is 26.5. The fraction of sp³-hybridized carbons (Fsp3) is 0.417. The first-order chi connectivity index (χ1) is 7.80. The second kappa shape index (κ2) is 6.96. The minimum atomic E-state index is 0.0674. The van der Waals surface area contributed by atoms with Gasteiger partial charge in [-0.05, 0) is 17.7 Å². The fourth-order valence-electron chi connectivity index (χ4n) is 1.55. The van der Waals surface area contributed by atoms with Crippen LogP contribution in [0, 0.1) is 11.3 Å². The number of benzene rings is 1. The normalized spacial score (nSPS) is 10.4. The molecular formula is C12H16N2O2. The van der Waals surface area contributed by atoms with E-state index in [0.29, 0.717) is 25.2 Å². The van der Waals surface area contributed by atoms with Gasteiger partial charge in [0.2, 0.25) is 0 Å². The molecule has 0 unspecified atom stereocenters. The van der Waals surface area contributed by atoms with Gasteiger partial charge in [-0.1, -0.05) is 12.1 Å². The molecule has 0 saturated carbocycles. The standard InChI is InChI=1S/C12H16N2O2/c13-9-11-2-1-3-12(8-11)10-14(4-6-15)5-7-16/h1-3,8,15-16H,4-7,10H2. The third-order valence-corrected chi connectivity index (χ3v) is 2.29. The molecule has 0 fully saturated rings. The van der Waals surface area contributed by atoms with Crippen molar-refractivity contribution in [1.82, 2.24) is 4.90 Å². The highest BCUT2D eigenvalue weighted by molar-refractivity contribution is 5.32. The highest BCUT2D eigenvalue weighted by atomic mass is 16.3. The summed E-state index contributed by atoms with van der Waals surface area (Å²) in [4.78, 5) is 1.94. The van der Waals surface area contributed by atoms with Gasteiger partial charge in [-0.25, -0.2) is 0 Å². The van der Waals surface area contributed by atoms with Gasteiger partial charge in [-0.2, -0.15) is 5.26 Å². The van der Waals surface area contributed by atoms with Crippen LogP contribution in [-0.2, 0) is 6.54 Å². The molecule has 86 valence electrons. The van der Waals surface area contributed by atoms with Gasteiger partial charge < -0.3 is 10.2 Å². The number of aliphatic hydroxyl groups excluding tert-OH is 2. The Bertz CT molecular complexity index is 354. The Kier molecular flexibility index (Phi) is 5.51. The molecule has 0 bridgehead atoms. The maximum atomic E-state index is 8.87. The average Bonchev–Trinajstić information content (AvgIpc) is 2.30. The van der Waals surface area contributed by atoms with Crippen molar-refractivity contribution in [2.45, 2.75) is 6.54 Å². The van der Waals surface area contributed by atoms with E-state index in [-0.39, 0.29) is 13.2 Å². The zero-order valence-corrected chi connectivity index (χ0v) is 9.13. The van der Waals surface area contributed by atoms with Gasteiger partial charge in [0.15, 0.2) is 0 Å². The quantitative estimate of drug-likeness (QED) is 0.725. The SMILES string of the molecule is N#Cc1cccc(CN(CCO)CCO)c1. The molecule has 16 heavy (non-hydrogen) atoms. The van der Waals surface area contributed by atoms with Crippen LogP contribution in [0.2, 0.25) is 0 Å². The van der Waals surface area contributed by atoms with Crippen LogP contribution in [0.15, 0.2) is 24.3 Å². The molecule has 0 amide bonds. The van der Waals surface area contributed by atoms with Crippen LogP contribution in [0.25, 0.3) is 0 Å².